The third-order valence-electron chi connectivity index (χ3n) is 1.87. The van der Waals surface area contributed by atoms with Gasteiger partial charge in [0.05, 0.1) is 4.57 Å². The molecule has 1 heterocycles. The molecule has 0 aromatic rings. The minimum atomic E-state index is 0.517. The average Bonchev–Trinajstić information content (AvgIpc) is 2.13. The molecule has 0 nitrogen and oxygen atoms in total. The molecule has 0 fully saturated rings. The highest BCUT2D eigenvalue weighted by Gasteiger charge is 2.12. The molecule has 0 amide bonds. The number of hydrogen-bond acceptors (Lipinski definition) is 0. The first-order valence-corrected chi connectivity index (χ1v) is 6.23. The second kappa shape index (κ2) is 4.39. The van der Waals surface area contributed by atoms with E-state index in [1.165, 1.54) is 22.9 Å². The molecule has 2 heteroatoms. The largest absolute Gasteiger partial charge is 0.0990 e. The van der Waals surface area contributed by atoms with E-state index in [2.05, 4.69) is 48.5 Å². The third-order valence-corrected chi connectivity index (χ3v) is 4.44. The zero-order valence-electron chi connectivity index (χ0n) is 7.52. The smallest absolute Gasteiger partial charge is 0.0569 e. The predicted molar refractivity (Wildman–Crippen MR) is 62.6 cm³/mol. The molecule has 0 aromatic heterocycles. The van der Waals surface area contributed by atoms with Crippen LogP contribution in [0, 0.1) is 0 Å². The maximum absolute atomic E-state index is 3.98. The Hall–Kier alpha value is 0.130. The van der Waals surface area contributed by atoms with Crippen LogP contribution in [0.1, 0.15) is 13.8 Å². The fourth-order valence-electron chi connectivity index (χ4n) is 1.15. The van der Waals surface area contributed by atoms with Gasteiger partial charge in [0.2, 0.25) is 0 Å². The van der Waals surface area contributed by atoms with Crippen molar-refractivity contribution in [2.75, 3.05) is 6.16 Å². The number of hydrogen-bond donors (Lipinski definition) is 0. The SMILES string of the molecule is C=C(C)C1=CC(C)=CCP[C@@H]1Br. The van der Waals surface area contributed by atoms with Crippen LogP contribution in [-0.4, -0.2) is 10.7 Å². The zero-order chi connectivity index (χ0) is 9.14. The minimum absolute atomic E-state index is 0.517. The maximum Gasteiger partial charge on any atom is 0.0569 e. The number of halogens is 1. The summed E-state index contributed by atoms with van der Waals surface area (Å²) in [6, 6.07) is 0. The van der Waals surface area contributed by atoms with Gasteiger partial charge in [-0.05, 0) is 25.6 Å². The first-order valence-electron chi connectivity index (χ1n) is 4.03. The van der Waals surface area contributed by atoms with Crippen molar-refractivity contribution in [1.29, 1.82) is 0 Å². The van der Waals surface area contributed by atoms with Crippen molar-refractivity contribution < 1.29 is 0 Å². The van der Waals surface area contributed by atoms with Crippen molar-refractivity contribution in [2.24, 2.45) is 0 Å². The second-order valence-electron chi connectivity index (χ2n) is 3.10. The van der Waals surface area contributed by atoms with Gasteiger partial charge in [0.1, 0.15) is 0 Å². The molecular weight excluding hydrogens is 231 g/mol. The zero-order valence-corrected chi connectivity index (χ0v) is 10.1. The van der Waals surface area contributed by atoms with Crippen LogP contribution >= 0.6 is 24.5 Å². The molecule has 2 atom stereocenters. The summed E-state index contributed by atoms with van der Waals surface area (Å²) in [5.41, 5.74) is 3.90. The van der Waals surface area contributed by atoms with Gasteiger partial charge in [0.25, 0.3) is 0 Å². The topological polar surface area (TPSA) is 0 Å². The Morgan fingerprint density at radius 1 is 1.75 bits per heavy atom. The van der Waals surface area contributed by atoms with Gasteiger partial charge in [-0.3, -0.25) is 0 Å². The lowest BCUT2D eigenvalue weighted by Crippen LogP contribution is -1.95. The highest BCUT2D eigenvalue weighted by Crippen LogP contribution is 2.36. The highest BCUT2D eigenvalue weighted by molar-refractivity contribution is 9.10. The lowest BCUT2D eigenvalue weighted by Gasteiger charge is -2.11. The fraction of sp³-hybridized carbons (Fsp3) is 0.400. The molecule has 0 spiro atoms. The molecule has 1 aliphatic heterocycles. The Labute approximate surface area is 84.7 Å². The van der Waals surface area contributed by atoms with Crippen LogP contribution < -0.4 is 0 Å². The molecule has 1 aliphatic rings. The maximum atomic E-state index is 3.98. The first-order chi connectivity index (χ1) is 5.61. The number of rotatable bonds is 1. The fourth-order valence-corrected chi connectivity index (χ4v) is 3.43. The molecule has 0 aromatic carbocycles. The summed E-state index contributed by atoms with van der Waals surface area (Å²) >= 11 is 3.68. The minimum Gasteiger partial charge on any atom is -0.0990 e. The molecule has 0 aliphatic carbocycles. The van der Waals surface area contributed by atoms with E-state index in [0.29, 0.717) is 4.57 Å². The molecule has 0 saturated carbocycles. The van der Waals surface area contributed by atoms with Crippen LogP contribution in [0.15, 0.2) is 35.5 Å². The molecule has 0 saturated heterocycles. The Morgan fingerprint density at radius 3 is 3.00 bits per heavy atom. The van der Waals surface area contributed by atoms with E-state index in [4.69, 9.17) is 0 Å². The van der Waals surface area contributed by atoms with Gasteiger partial charge in [0.15, 0.2) is 0 Å². The van der Waals surface area contributed by atoms with Crippen molar-refractivity contribution in [2.45, 2.75) is 18.4 Å². The van der Waals surface area contributed by atoms with E-state index in [-0.39, 0.29) is 0 Å². The molecule has 1 unspecified atom stereocenters. The first kappa shape index (κ1) is 10.2. The molecule has 0 N–H and O–H groups in total. The third kappa shape index (κ3) is 2.57. The summed E-state index contributed by atoms with van der Waals surface area (Å²) in [5, 5.41) is 0. The van der Waals surface area contributed by atoms with Crippen LogP contribution in [0.2, 0.25) is 0 Å². The van der Waals surface area contributed by atoms with Crippen molar-refractivity contribution in [3.63, 3.8) is 0 Å². The van der Waals surface area contributed by atoms with Crippen LogP contribution in [0.3, 0.4) is 0 Å². The number of allylic oxidation sites excluding steroid dienone is 5. The Kier molecular flexibility index (Phi) is 3.74. The lowest BCUT2D eigenvalue weighted by molar-refractivity contribution is 1.32. The standard InChI is InChI=1S/C10H14BrP/c1-7(2)9-6-8(3)4-5-12-10(9)11/h4,6,10,12H,1,5H2,2-3H3/t10-/m0/s1. The predicted octanol–water partition coefficient (Wildman–Crippen LogP) is 3.85. The van der Waals surface area contributed by atoms with Crippen molar-refractivity contribution in [3.8, 4) is 0 Å². The highest BCUT2D eigenvalue weighted by atomic mass is 79.9. The quantitative estimate of drug-likeness (QED) is 0.486. The van der Waals surface area contributed by atoms with Gasteiger partial charge < -0.3 is 0 Å². The van der Waals surface area contributed by atoms with Gasteiger partial charge in [-0.15, -0.1) is 0 Å². The number of alkyl halides is 1. The van der Waals surface area contributed by atoms with Gasteiger partial charge >= 0.3 is 0 Å². The van der Waals surface area contributed by atoms with E-state index in [1.807, 2.05) is 0 Å². The molecular formula is C10H14BrP. The van der Waals surface area contributed by atoms with Crippen molar-refractivity contribution in [1.82, 2.24) is 0 Å². The molecule has 0 radical (unpaired) electrons. The summed E-state index contributed by atoms with van der Waals surface area (Å²) in [4.78, 5) is 0. The molecule has 12 heavy (non-hydrogen) atoms. The van der Waals surface area contributed by atoms with Gasteiger partial charge in [-0.1, -0.05) is 54.4 Å². The van der Waals surface area contributed by atoms with E-state index in [9.17, 15) is 0 Å². The van der Waals surface area contributed by atoms with Crippen LogP contribution in [-0.2, 0) is 0 Å². The molecule has 0 bridgehead atoms. The Bertz CT molecular complexity index is 251. The van der Waals surface area contributed by atoms with Crippen LogP contribution in [0.25, 0.3) is 0 Å². The van der Waals surface area contributed by atoms with E-state index < -0.39 is 0 Å². The van der Waals surface area contributed by atoms with Gasteiger partial charge in [-0.25, -0.2) is 0 Å². The summed E-state index contributed by atoms with van der Waals surface area (Å²) in [6.07, 6.45) is 5.72. The normalized spacial score (nSPS) is 26.1. The van der Waals surface area contributed by atoms with Crippen molar-refractivity contribution in [3.05, 3.63) is 35.5 Å². The molecule has 1 rings (SSSR count). The van der Waals surface area contributed by atoms with Gasteiger partial charge in [0, 0.05) is 0 Å². The molecule has 66 valence electrons. The van der Waals surface area contributed by atoms with Crippen LogP contribution in [0.4, 0.5) is 0 Å². The summed E-state index contributed by atoms with van der Waals surface area (Å²) in [5.74, 6) is 0. The van der Waals surface area contributed by atoms with Crippen LogP contribution in [0.5, 0.6) is 0 Å². The summed E-state index contributed by atoms with van der Waals surface area (Å²) in [6.45, 7) is 8.21. The van der Waals surface area contributed by atoms with Gasteiger partial charge in [-0.2, -0.15) is 0 Å². The summed E-state index contributed by atoms with van der Waals surface area (Å²) in [7, 11) is 0.939. The van der Waals surface area contributed by atoms with Crippen molar-refractivity contribution >= 4 is 24.5 Å². The Morgan fingerprint density at radius 2 is 2.42 bits per heavy atom. The summed E-state index contributed by atoms with van der Waals surface area (Å²) < 4.78 is 0.517. The van der Waals surface area contributed by atoms with E-state index in [1.54, 1.807) is 0 Å². The second-order valence-corrected chi connectivity index (χ2v) is 6.25. The lowest BCUT2D eigenvalue weighted by atomic mass is 10.1. The Balaban J connectivity index is 2.92. The van der Waals surface area contributed by atoms with E-state index in [0.717, 1.165) is 8.58 Å². The monoisotopic (exact) mass is 244 g/mol. The average molecular weight is 245 g/mol. The van der Waals surface area contributed by atoms with E-state index >= 15 is 0 Å².